The van der Waals surface area contributed by atoms with E-state index in [9.17, 15) is 0 Å². The van der Waals surface area contributed by atoms with E-state index in [1.165, 1.54) is 11.1 Å². The molecule has 174 valence electrons. The SMILES string of the molecule is Cc1ccc(-n2c(SCc3ccc(OCc4ccccn4)cc3)nnc2N2CCOCC2)cc1. The molecule has 7 nitrogen and oxygen atoms in total. The number of aromatic nitrogens is 4. The maximum absolute atomic E-state index is 5.86. The van der Waals surface area contributed by atoms with E-state index in [4.69, 9.17) is 9.47 Å². The third kappa shape index (κ3) is 5.40. The normalized spacial score (nSPS) is 13.7. The minimum atomic E-state index is 0.457. The number of thioether (sulfide) groups is 1. The van der Waals surface area contributed by atoms with Crippen molar-refractivity contribution < 1.29 is 9.47 Å². The van der Waals surface area contributed by atoms with Crippen LogP contribution in [0.15, 0.2) is 78.1 Å². The van der Waals surface area contributed by atoms with Gasteiger partial charge in [-0.15, -0.1) is 10.2 Å². The van der Waals surface area contributed by atoms with Crippen molar-refractivity contribution in [1.29, 1.82) is 0 Å². The summed E-state index contributed by atoms with van der Waals surface area (Å²) in [7, 11) is 0. The highest BCUT2D eigenvalue weighted by Gasteiger charge is 2.21. The van der Waals surface area contributed by atoms with Crippen LogP contribution in [0.1, 0.15) is 16.8 Å². The average molecular weight is 474 g/mol. The highest BCUT2D eigenvalue weighted by molar-refractivity contribution is 7.98. The van der Waals surface area contributed by atoms with E-state index in [1.807, 2.05) is 30.3 Å². The van der Waals surface area contributed by atoms with Gasteiger partial charge in [0.2, 0.25) is 5.95 Å². The van der Waals surface area contributed by atoms with Crippen molar-refractivity contribution in [2.75, 3.05) is 31.2 Å². The zero-order chi connectivity index (χ0) is 23.2. The summed E-state index contributed by atoms with van der Waals surface area (Å²) >= 11 is 1.68. The van der Waals surface area contributed by atoms with Crippen LogP contribution in [-0.4, -0.2) is 46.1 Å². The molecule has 0 aliphatic carbocycles. The third-order valence-electron chi connectivity index (χ3n) is 5.61. The lowest BCUT2D eigenvalue weighted by Gasteiger charge is -2.28. The monoisotopic (exact) mass is 473 g/mol. The van der Waals surface area contributed by atoms with Crippen LogP contribution in [0, 0.1) is 6.92 Å². The molecule has 0 saturated carbocycles. The van der Waals surface area contributed by atoms with Gasteiger partial charge in [0.1, 0.15) is 12.4 Å². The molecule has 0 atom stereocenters. The lowest BCUT2D eigenvalue weighted by Crippen LogP contribution is -2.37. The number of anilines is 1. The number of pyridine rings is 1. The van der Waals surface area contributed by atoms with E-state index in [-0.39, 0.29) is 0 Å². The molecule has 0 amide bonds. The Balaban J connectivity index is 1.29. The third-order valence-corrected chi connectivity index (χ3v) is 6.61. The second-order valence-corrected chi connectivity index (χ2v) is 9.04. The predicted octanol–water partition coefficient (Wildman–Crippen LogP) is 4.68. The molecule has 34 heavy (non-hydrogen) atoms. The standard InChI is InChI=1S/C26H27N5O2S/c1-20-5-9-23(10-6-20)31-25(30-14-16-32-17-15-30)28-29-26(31)34-19-21-7-11-24(12-8-21)33-18-22-4-2-3-13-27-22/h2-13H,14-19H2,1H3. The zero-order valence-electron chi connectivity index (χ0n) is 19.1. The maximum atomic E-state index is 5.86. The molecule has 1 aliphatic rings. The molecule has 1 saturated heterocycles. The largest absolute Gasteiger partial charge is 0.487 e. The lowest BCUT2D eigenvalue weighted by atomic mass is 10.2. The van der Waals surface area contributed by atoms with E-state index >= 15 is 0 Å². The molecule has 0 N–H and O–H groups in total. The quantitative estimate of drug-likeness (QED) is 0.344. The van der Waals surface area contributed by atoms with E-state index < -0.39 is 0 Å². The molecule has 0 bridgehead atoms. The molecule has 8 heteroatoms. The number of aryl methyl sites for hydroxylation is 1. The first-order valence-electron chi connectivity index (χ1n) is 11.4. The second kappa shape index (κ2) is 10.7. The number of morpholine rings is 1. The summed E-state index contributed by atoms with van der Waals surface area (Å²) in [4.78, 5) is 6.54. The summed E-state index contributed by atoms with van der Waals surface area (Å²) in [6.07, 6.45) is 1.78. The molecule has 0 spiro atoms. The van der Waals surface area contributed by atoms with Crippen molar-refractivity contribution in [3.63, 3.8) is 0 Å². The first-order valence-corrected chi connectivity index (χ1v) is 12.3. The highest BCUT2D eigenvalue weighted by Crippen LogP contribution is 2.30. The van der Waals surface area contributed by atoms with Gasteiger partial charge in [-0.2, -0.15) is 0 Å². The molecular weight excluding hydrogens is 446 g/mol. The summed E-state index contributed by atoms with van der Waals surface area (Å²) in [5.74, 6) is 2.48. The average Bonchev–Trinajstić information content (AvgIpc) is 3.32. The van der Waals surface area contributed by atoms with Crippen molar-refractivity contribution >= 4 is 17.7 Å². The van der Waals surface area contributed by atoms with Crippen LogP contribution in [-0.2, 0) is 17.1 Å². The molecule has 4 aromatic rings. The van der Waals surface area contributed by atoms with Gasteiger partial charge in [-0.3, -0.25) is 9.55 Å². The fourth-order valence-electron chi connectivity index (χ4n) is 3.71. The van der Waals surface area contributed by atoms with Crippen LogP contribution >= 0.6 is 11.8 Å². The van der Waals surface area contributed by atoms with E-state index in [2.05, 4.69) is 68.0 Å². The Bertz CT molecular complexity index is 1190. The summed E-state index contributed by atoms with van der Waals surface area (Å²) in [5.41, 5.74) is 4.40. The molecule has 0 radical (unpaired) electrons. The minimum Gasteiger partial charge on any atom is -0.487 e. The molecule has 2 aromatic heterocycles. The van der Waals surface area contributed by atoms with Gasteiger partial charge in [0, 0.05) is 25.0 Å². The Kier molecular flexibility index (Phi) is 7.07. The Labute approximate surface area is 203 Å². The summed E-state index contributed by atoms with van der Waals surface area (Å²) in [6.45, 7) is 5.59. The molecular formula is C26H27N5O2S. The summed E-state index contributed by atoms with van der Waals surface area (Å²) in [5, 5.41) is 9.98. The molecule has 2 aromatic carbocycles. The van der Waals surface area contributed by atoms with Gasteiger partial charge in [-0.25, -0.2) is 0 Å². The Hall–Kier alpha value is -3.36. The molecule has 1 aliphatic heterocycles. The van der Waals surface area contributed by atoms with Crippen LogP contribution in [0.4, 0.5) is 5.95 Å². The Morgan fingerprint density at radius 1 is 0.941 bits per heavy atom. The van der Waals surface area contributed by atoms with Crippen molar-refractivity contribution in [2.24, 2.45) is 0 Å². The number of ether oxygens (including phenoxy) is 2. The Morgan fingerprint density at radius 2 is 1.74 bits per heavy atom. The predicted molar refractivity (Wildman–Crippen MR) is 134 cm³/mol. The molecule has 3 heterocycles. The lowest BCUT2D eigenvalue weighted by molar-refractivity contribution is 0.122. The molecule has 0 unspecified atom stereocenters. The van der Waals surface area contributed by atoms with Crippen molar-refractivity contribution in [1.82, 2.24) is 19.7 Å². The fourth-order valence-corrected chi connectivity index (χ4v) is 4.62. The van der Waals surface area contributed by atoms with Crippen molar-refractivity contribution in [2.45, 2.75) is 24.4 Å². The summed E-state index contributed by atoms with van der Waals surface area (Å²) < 4.78 is 13.5. The number of rotatable bonds is 8. The highest BCUT2D eigenvalue weighted by atomic mass is 32.2. The first-order chi connectivity index (χ1) is 16.8. The number of benzene rings is 2. The van der Waals surface area contributed by atoms with Crippen molar-refractivity contribution in [3.8, 4) is 11.4 Å². The maximum Gasteiger partial charge on any atom is 0.232 e. The number of hydrogen-bond acceptors (Lipinski definition) is 7. The topological polar surface area (TPSA) is 65.3 Å². The smallest absolute Gasteiger partial charge is 0.232 e. The van der Waals surface area contributed by atoms with E-state index in [1.54, 1.807) is 18.0 Å². The van der Waals surface area contributed by atoms with Gasteiger partial charge in [-0.1, -0.05) is 47.7 Å². The van der Waals surface area contributed by atoms with Crippen molar-refractivity contribution in [3.05, 3.63) is 89.7 Å². The van der Waals surface area contributed by atoms with Crippen LogP contribution in [0.25, 0.3) is 5.69 Å². The van der Waals surface area contributed by atoms with Gasteiger partial charge in [-0.05, 0) is 48.9 Å². The van der Waals surface area contributed by atoms with Crippen LogP contribution in [0.3, 0.4) is 0 Å². The first kappa shape index (κ1) is 22.4. The minimum absolute atomic E-state index is 0.457. The van der Waals surface area contributed by atoms with Gasteiger partial charge in [0.15, 0.2) is 5.16 Å². The summed E-state index contributed by atoms with van der Waals surface area (Å²) in [6, 6.07) is 22.5. The molecule has 5 rings (SSSR count). The number of nitrogens with zero attached hydrogens (tertiary/aromatic N) is 5. The van der Waals surface area contributed by atoms with Gasteiger partial charge in [0.05, 0.1) is 24.6 Å². The second-order valence-electron chi connectivity index (χ2n) is 8.10. The zero-order valence-corrected chi connectivity index (χ0v) is 19.9. The van der Waals surface area contributed by atoms with Crippen LogP contribution < -0.4 is 9.64 Å². The Morgan fingerprint density at radius 3 is 2.47 bits per heavy atom. The van der Waals surface area contributed by atoms with Gasteiger partial charge >= 0.3 is 0 Å². The van der Waals surface area contributed by atoms with Crippen LogP contribution in [0.5, 0.6) is 5.75 Å². The van der Waals surface area contributed by atoms with Crippen LogP contribution in [0.2, 0.25) is 0 Å². The van der Waals surface area contributed by atoms with E-state index in [0.29, 0.717) is 19.8 Å². The van der Waals surface area contributed by atoms with Gasteiger partial charge in [0.25, 0.3) is 0 Å². The van der Waals surface area contributed by atoms with E-state index in [0.717, 1.165) is 47.1 Å². The number of hydrogen-bond donors (Lipinski definition) is 0. The molecule has 1 fully saturated rings. The fraction of sp³-hybridized carbons (Fsp3) is 0.269. The van der Waals surface area contributed by atoms with Gasteiger partial charge < -0.3 is 14.4 Å².